The number of carbonyl (C=O) groups excluding carboxylic acids is 1. The first-order chi connectivity index (χ1) is 12.5. The second-order valence-electron chi connectivity index (χ2n) is 7.52. The molecule has 1 aromatic carbocycles. The molecule has 2 heterocycles. The molecule has 2 aromatic rings. The summed E-state index contributed by atoms with van der Waals surface area (Å²) in [6.07, 6.45) is 3.84. The van der Waals surface area contributed by atoms with Crippen LogP contribution in [0, 0.1) is 11.8 Å². The van der Waals surface area contributed by atoms with E-state index in [0.717, 1.165) is 24.9 Å². The van der Waals surface area contributed by atoms with Gasteiger partial charge in [-0.2, -0.15) is 12.6 Å². The fraction of sp³-hybridized carbons (Fsp3) is 0.476. The van der Waals surface area contributed by atoms with Gasteiger partial charge in [0.05, 0.1) is 13.0 Å². The molecule has 2 aliphatic rings. The number of aromatic amines is 1. The molecule has 1 saturated heterocycles. The first-order valence-corrected chi connectivity index (χ1v) is 9.77. The molecule has 0 amide bonds. The van der Waals surface area contributed by atoms with E-state index in [1.165, 1.54) is 29.3 Å². The highest BCUT2D eigenvalue weighted by Crippen LogP contribution is 2.46. The predicted molar refractivity (Wildman–Crippen MR) is 108 cm³/mol. The van der Waals surface area contributed by atoms with Crippen LogP contribution >= 0.6 is 12.6 Å². The van der Waals surface area contributed by atoms with Gasteiger partial charge in [-0.25, -0.2) is 0 Å². The summed E-state index contributed by atoms with van der Waals surface area (Å²) in [6.45, 7) is 2.97. The maximum absolute atomic E-state index is 12.8. The van der Waals surface area contributed by atoms with Gasteiger partial charge in [0.25, 0.3) is 0 Å². The van der Waals surface area contributed by atoms with Gasteiger partial charge in [0.2, 0.25) is 0 Å². The fourth-order valence-corrected chi connectivity index (χ4v) is 5.38. The molecule has 0 unspecified atom stereocenters. The SMILES string of the molecule is C/C=C1/CN(C)[C@@H]2Cc3c([nH]c4ccccc34)[C@@H](S)C[C@H]1[C@H]2C(=O)OC. The summed E-state index contributed by atoms with van der Waals surface area (Å²) >= 11 is 4.95. The maximum atomic E-state index is 12.8. The minimum absolute atomic E-state index is 0.0777. The Balaban J connectivity index is 1.89. The predicted octanol–water partition coefficient (Wildman–Crippen LogP) is 3.75. The number of piperidine rings is 1. The van der Waals surface area contributed by atoms with Crippen molar-refractivity contribution in [3.05, 3.63) is 47.2 Å². The summed E-state index contributed by atoms with van der Waals surface area (Å²) < 4.78 is 5.23. The zero-order valence-corrected chi connectivity index (χ0v) is 16.4. The Hall–Kier alpha value is -1.72. The number of nitrogens with zero attached hydrogens (tertiary/aromatic N) is 1. The van der Waals surface area contributed by atoms with E-state index in [9.17, 15) is 4.79 Å². The maximum Gasteiger partial charge on any atom is 0.310 e. The van der Waals surface area contributed by atoms with Crippen molar-refractivity contribution in [2.75, 3.05) is 20.7 Å². The summed E-state index contributed by atoms with van der Waals surface area (Å²) in [5.41, 5.74) is 4.97. The molecule has 0 radical (unpaired) electrons. The minimum Gasteiger partial charge on any atom is -0.469 e. The van der Waals surface area contributed by atoms with Gasteiger partial charge >= 0.3 is 5.97 Å². The smallest absolute Gasteiger partial charge is 0.310 e. The molecule has 26 heavy (non-hydrogen) atoms. The number of allylic oxidation sites excluding steroid dienone is 1. The van der Waals surface area contributed by atoms with E-state index in [4.69, 9.17) is 17.4 Å². The molecule has 4 nitrogen and oxygen atoms in total. The third kappa shape index (κ3) is 2.69. The van der Waals surface area contributed by atoms with Crippen molar-refractivity contribution >= 4 is 29.5 Å². The number of likely N-dealkylation sites (tertiary alicyclic amines) is 1. The van der Waals surface area contributed by atoms with Crippen LogP contribution in [0.25, 0.3) is 10.9 Å². The number of esters is 1. The Morgan fingerprint density at radius 1 is 1.38 bits per heavy atom. The number of likely N-dealkylation sites (N-methyl/N-ethyl adjacent to an activating group) is 1. The lowest BCUT2D eigenvalue weighted by Gasteiger charge is -2.46. The van der Waals surface area contributed by atoms with Crippen molar-refractivity contribution in [2.45, 2.75) is 31.1 Å². The van der Waals surface area contributed by atoms with E-state index in [2.05, 4.69) is 54.2 Å². The van der Waals surface area contributed by atoms with Crippen LogP contribution in [0.2, 0.25) is 0 Å². The summed E-state index contributed by atoms with van der Waals surface area (Å²) in [6, 6.07) is 8.55. The van der Waals surface area contributed by atoms with Gasteiger partial charge in [-0.05, 0) is 44.4 Å². The van der Waals surface area contributed by atoms with Crippen molar-refractivity contribution in [2.24, 2.45) is 11.8 Å². The Labute approximate surface area is 160 Å². The second-order valence-corrected chi connectivity index (χ2v) is 8.14. The first-order valence-electron chi connectivity index (χ1n) is 9.25. The molecule has 4 atom stereocenters. The van der Waals surface area contributed by atoms with Crippen LogP contribution in [0.15, 0.2) is 35.9 Å². The molecule has 2 bridgehead atoms. The number of hydrogen-bond acceptors (Lipinski definition) is 4. The van der Waals surface area contributed by atoms with Gasteiger partial charge in [0.15, 0.2) is 0 Å². The Morgan fingerprint density at radius 2 is 2.15 bits per heavy atom. The molecule has 1 aromatic heterocycles. The van der Waals surface area contributed by atoms with Gasteiger partial charge in [0.1, 0.15) is 0 Å². The summed E-state index contributed by atoms with van der Waals surface area (Å²) in [5.74, 6) is -0.0770. The van der Waals surface area contributed by atoms with E-state index in [0.29, 0.717) is 0 Å². The number of rotatable bonds is 1. The number of thiol groups is 1. The molecule has 0 saturated carbocycles. The minimum atomic E-state index is -0.151. The molecule has 1 aliphatic carbocycles. The van der Waals surface area contributed by atoms with Crippen LogP contribution in [-0.2, 0) is 16.0 Å². The lowest BCUT2D eigenvalue weighted by Crippen LogP contribution is -2.53. The number of benzene rings is 1. The van der Waals surface area contributed by atoms with E-state index in [-0.39, 0.29) is 29.1 Å². The van der Waals surface area contributed by atoms with Crippen LogP contribution in [0.3, 0.4) is 0 Å². The van der Waals surface area contributed by atoms with E-state index in [1.807, 2.05) is 0 Å². The largest absolute Gasteiger partial charge is 0.469 e. The molecule has 5 heteroatoms. The van der Waals surface area contributed by atoms with Gasteiger partial charge < -0.3 is 9.72 Å². The van der Waals surface area contributed by atoms with Gasteiger partial charge in [-0.3, -0.25) is 9.69 Å². The van der Waals surface area contributed by atoms with Gasteiger partial charge in [-0.15, -0.1) is 0 Å². The van der Waals surface area contributed by atoms with Crippen LogP contribution in [0.5, 0.6) is 0 Å². The number of H-pyrrole nitrogens is 1. The Morgan fingerprint density at radius 3 is 2.88 bits per heavy atom. The van der Waals surface area contributed by atoms with Crippen molar-refractivity contribution in [1.82, 2.24) is 9.88 Å². The lowest BCUT2D eigenvalue weighted by atomic mass is 9.70. The number of para-hydroxylation sites is 1. The Bertz CT molecular complexity index is 872. The highest BCUT2D eigenvalue weighted by molar-refractivity contribution is 7.80. The highest BCUT2D eigenvalue weighted by atomic mass is 32.1. The van der Waals surface area contributed by atoms with E-state index in [1.54, 1.807) is 0 Å². The number of nitrogens with one attached hydrogen (secondary N) is 1. The number of ether oxygens (including phenoxy) is 1. The zero-order chi connectivity index (χ0) is 18.4. The number of hydrogen-bond donors (Lipinski definition) is 2. The topological polar surface area (TPSA) is 45.3 Å². The first kappa shape index (κ1) is 17.7. The quantitative estimate of drug-likeness (QED) is 0.456. The number of carbonyl (C=O) groups is 1. The van der Waals surface area contributed by atoms with Crippen LogP contribution < -0.4 is 0 Å². The molecule has 1 fully saturated rings. The molecule has 138 valence electrons. The molecular weight excluding hydrogens is 344 g/mol. The second kappa shape index (κ2) is 6.78. The zero-order valence-electron chi connectivity index (χ0n) is 15.5. The highest BCUT2D eigenvalue weighted by Gasteiger charge is 2.46. The normalized spacial score (nSPS) is 30.7. The van der Waals surface area contributed by atoms with Crippen LogP contribution in [0.1, 0.15) is 29.9 Å². The summed E-state index contributed by atoms with van der Waals surface area (Å²) in [5, 5.41) is 1.32. The monoisotopic (exact) mass is 370 g/mol. The molecule has 0 spiro atoms. The van der Waals surface area contributed by atoms with E-state index < -0.39 is 0 Å². The third-order valence-corrected chi connectivity index (χ3v) is 6.71. The van der Waals surface area contributed by atoms with E-state index >= 15 is 0 Å². The average Bonchev–Trinajstić information content (AvgIpc) is 3.01. The lowest BCUT2D eigenvalue weighted by molar-refractivity contribution is -0.151. The molecule has 4 rings (SSSR count). The summed E-state index contributed by atoms with van der Waals surface area (Å²) in [4.78, 5) is 18.7. The van der Waals surface area contributed by atoms with Gasteiger partial charge in [-0.1, -0.05) is 29.8 Å². The van der Waals surface area contributed by atoms with Crippen molar-refractivity contribution in [3.8, 4) is 0 Å². The molecule has 1 N–H and O–H groups in total. The van der Waals surface area contributed by atoms with Crippen molar-refractivity contribution in [1.29, 1.82) is 0 Å². The van der Waals surface area contributed by atoms with Gasteiger partial charge in [0, 0.05) is 34.4 Å². The number of aromatic nitrogens is 1. The van der Waals surface area contributed by atoms with Crippen LogP contribution in [-0.4, -0.2) is 42.6 Å². The summed E-state index contributed by atoms with van der Waals surface area (Å²) in [7, 11) is 3.62. The van der Waals surface area contributed by atoms with Crippen molar-refractivity contribution < 1.29 is 9.53 Å². The molecular formula is C21H26N2O2S. The number of methoxy groups -OCH3 is 1. The fourth-order valence-electron chi connectivity index (χ4n) is 4.93. The average molecular weight is 371 g/mol. The van der Waals surface area contributed by atoms with Crippen molar-refractivity contribution in [3.63, 3.8) is 0 Å². The standard InChI is InChI=1S/C21H26N2O2S/c1-4-12-11-23(2)17-9-15-13-7-5-6-8-16(13)22-20(15)18(26)10-14(12)19(17)21(24)25-3/h4-8,14,17-19,22,26H,9-11H2,1-3H3/b12-4-/t14-,17-,18+,19-/m1/s1. The Kier molecular flexibility index (Phi) is 4.61. The van der Waals surface area contributed by atoms with Crippen LogP contribution in [0.4, 0.5) is 0 Å². The third-order valence-electron chi connectivity index (χ3n) is 6.24. The number of fused-ring (bicyclic) bond motifs is 5. The molecule has 1 aliphatic heterocycles.